The number of anilines is 2. The van der Waals surface area contributed by atoms with E-state index in [2.05, 4.69) is 5.32 Å². The molecule has 1 N–H and O–H groups in total. The van der Waals surface area contributed by atoms with Crippen molar-refractivity contribution in [3.63, 3.8) is 0 Å². The van der Waals surface area contributed by atoms with Gasteiger partial charge in [-0.2, -0.15) is 0 Å². The number of methoxy groups -OCH3 is 1. The number of carbonyl (C=O) groups excluding carboxylic acids is 2. The van der Waals surface area contributed by atoms with Crippen LogP contribution in [-0.2, 0) is 17.7 Å². The maximum absolute atomic E-state index is 12.9. The summed E-state index contributed by atoms with van der Waals surface area (Å²) >= 11 is 6.03. The Morgan fingerprint density at radius 2 is 1.90 bits per heavy atom. The Morgan fingerprint density at radius 1 is 1.10 bits per heavy atom. The number of carbonyl (C=O) groups is 2. The molecule has 0 unspecified atom stereocenters. The van der Waals surface area contributed by atoms with Crippen molar-refractivity contribution in [2.75, 3.05) is 19.0 Å². The second kappa shape index (κ2) is 8.59. The summed E-state index contributed by atoms with van der Waals surface area (Å²) in [5.41, 5.74) is 4.57. The molecule has 4 rings (SSSR count). The maximum atomic E-state index is 12.9. The first-order valence-corrected chi connectivity index (χ1v) is 10.0. The summed E-state index contributed by atoms with van der Waals surface area (Å²) in [6, 6.07) is 20.6. The van der Waals surface area contributed by atoms with Gasteiger partial charge < -0.3 is 15.0 Å². The Balaban J connectivity index is 1.55. The number of halogens is 1. The smallest absolute Gasteiger partial charge is 0.340 e. The van der Waals surface area contributed by atoms with Gasteiger partial charge in [-0.1, -0.05) is 41.9 Å². The average molecular weight is 421 g/mol. The van der Waals surface area contributed by atoms with E-state index in [1.807, 2.05) is 53.4 Å². The highest BCUT2D eigenvalue weighted by molar-refractivity contribution is 6.31. The lowest BCUT2D eigenvalue weighted by molar-refractivity contribution is 0.0601. The van der Waals surface area contributed by atoms with Gasteiger partial charge in [0, 0.05) is 29.4 Å². The number of nitrogens with one attached hydrogen (secondary N) is 1. The summed E-state index contributed by atoms with van der Waals surface area (Å²) in [5.74, 6) is -0.432. The lowest BCUT2D eigenvalue weighted by Crippen LogP contribution is -2.37. The van der Waals surface area contributed by atoms with Gasteiger partial charge in [0.25, 0.3) is 5.91 Å². The number of ether oxygens (including phenoxy) is 1. The lowest BCUT2D eigenvalue weighted by atomic mass is 9.97. The van der Waals surface area contributed by atoms with Gasteiger partial charge in [0.2, 0.25) is 0 Å². The van der Waals surface area contributed by atoms with Crippen LogP contribution in [-0.4, -0.2) is 30.4 Å². The molecule has 1 aliphatic heterocycles. The van der Waals surface area contributed by atoms with Crippen LogP contribution in [0.5, 0.6) is 0 Å². The van der Waals surface area contributed by atoms with Crippen molar-refractivity contribution in [2.24, 2.45) is 0 Å². The van der Waals surface area contributed by atoms with Gasteiger partial charge >= 0.3 is 5.97 Å². The number of nitrogens with zero attached hydrogens (tertiary/aromatic N) is 1. The largest absolute Gasteiger partial charge is 0.465 e. The van der Waals surface area contributed by atoms with E-state index in [4.69, 9.17) is 16.3 Å². The van der Waals surface area contributed by atoms with E-state index < -0.39 is 5.97 Å². The first-order chi connectivity index (χ1) is 14.5. The van der Waals surface area contributed by atoms with E-state index >= 15 is 0 Å². The summed E-state index contributed by atoms with van der Waals surface area (Å²) < 4.78 is 4.85. The van der Waals surface area contributed by atoms with Crippen LogP contribution in [0.15, 0.2) is 66.7 Å². The fourth-order valence-corrected chi connectivity index (χ4v) is 3.80. The molecule has 6 heteroatoms. The number of hydrogen-bond acceptors (Lipinski definition) is 4. The predicted molar refractivity (Wildman–Crippen MR) is 117 cm³/mol. The molecule has 5 nitrogen and oxygen atoms in total. The number of fused-ring (bicyclic) bond motifs is 1. The van der Waals surface area contributed by atoms with E-state index in [1.54, 1.807) is 18.2 Å². The van der Waals surface area contributed by atoms with Gasteiger partial charge in [-0.15, -0.1) is 0 Å². The Bertz CT molecular complexity index is 1100. The summed E-state index contributed by atoms with van der Waals surface area (Å²) in [6.07, 6.45) is 0.772. The Kier molecular flexibility index (Phi) is 5.72. The van der Waals surface area contributed by atoms with Crippen LogP contribution in [0.25, 0.3) is 0 Å². The fraction of sp³-hybridized carbons (Fsp3) is 0.167. The van der Waals surface area contributed by atoms with Crippen LogP contribution in [0.3, 0.4) is 0 Å². The van der Waals surface area contributed by atoms with Crippen LogP contribution in [0, 0.1) is 0 Å². The van der Waals surface area contributed by atoms with Crippen LogP contribution in [0.4, 0.5) is 11.4 Å². The zero-order valence-corrected chi connectivity index (χ0v) is 17.3. The second-order valence-corrected chi connectivity index (χ2v) is 7.58. The molecule has 0 radical (unpaired) electrons. The monoisotopic (exact) mass is 420 g/mol. The van der Waals surface area contributed by atoms with Crippen molar-refractivity contribution in [2.45, 2.75) is 13.0 Å². The first kappa shape index (κ1) is 20.0. The molecule has 0 fully saturated rings. The van der Waals surface area contributed by atoms with Crippen molar-refractivity contribution in [1.82, 2.24) is 4.90 Å². The van der Waals surface area contributed by atoms with Gasteiger partial charge in [-0.05, 0) is 53.9 Å². The third-order valence-corrected chi connectivity index (χ3v) is 5.39. The molecule has 3 aromatic rings. The molecular weight excluding hydrogens is 400 g/mol. The van der Waals surface area contributed by atoms with Crippen molar-refractivity contribution < 1.29 is 14.3 Å². The normalized spacial score (nSPS) is 13.0. The standard InChI is InChI=1S/C24H21ClN2O3/c1-30-24(29)21-14-18(25)7-10-22(21)26-19-8-9-20-17(13-19)11-12-27(23(20)28)15-16-5-3-2-4-6-16/h2-10,13-14,26H,11-12,15H2,1H3. The van der Waals surface area contributed by atoms with Crippen LogP contribution in [0.1, 0.15) is 31.8 Å². The molecule has 152 valence electrons. The van der Waals surface area contributed by atoms with Crippen molar-refractivity contribution in [1.29, 1.82) is 0 Å². The van der Waals surface area contributed by atoms with E-state index in [0.29, 0.717) is 34.9 Å². The number of benzene rings is 3. The topological polar surface area (TPSA) is 58.6 Å². The molecule has 0 spiro atoms. The van der Waals surface area contributed by atoms with Crippen LogP contribution in [0.2, 0.25) is 5.02 Å². The number of rotatable bonds is 5. The second-order valence-electron chi connectivity index (χ2n) is 7.14. The van der Waals surface area contributed by atoms with Gasteiger partial charge in [-0.3, -0.25) is 4.79 Å². The molecule has 0 aliphatic carbocycles. The SMILES string of the molecule is COC(=O)c1cc(Cl)ccc1Nc1ccc2c(c1)CCN(Cc1ccccc1)C2=O. The molecule has 0 saturated carbocycles. The van der Waals surface area contributed by atoms with Crippen molar-refractivity contribution >= 4 is 34.9 Å². The number of hydrogen-bond donors (Lipinski definition) is 1. The summed E-state index contributed by atoms with van der Waals surface area (Å²) in [6.45, 7) is 1.27. The molecule has 0 atom stereocenters. The van der Waals surface area contributed by atoms with Crippen LogP contribution >= 0.6 is 11.6 Å². The highest BCUT2D eigenvalue weighted by Gasteiger charge is 2.24. The minimum atomic E-state index is -0.468. The van der Waals surface area contributed by atoms with Crippen molar-refractivity contribution in [3.8, 4) is 0 Å². The number of amides is 1. The Labute approximate surface area is 180 Å². The molecule has 3 aromatic carbocycles. The minimum Gasteiger partial charge on any atom is -0.465 e. The van der Waals surface area contributed by atoms with Gasteiger partial charge in [0.15, 0.2) is 0 Å². The van der Waals surface area contributed by atoms with Crippen molar-refractivity contribution in [3.05, 3.63) is 94.0 Å². The van der Waals surface area contributed by atoms with Crippen LogP contribution < -0.4 is 5.32 Å². The summed E-state index contributed by atoms with van der Waals surface area (Å²) in [7, 11) is 1.33. The highest BCUT2D eigenvalue weighted by Crippen LogP contribution is 2.28. The highest BCUT2D eigenvalue weighted by atomic mass is 35.5. The van der Waals surface area contributed by atoms with E-state index in [-0.39, 0.29) is 5.91 Å². The fourth-order valence-electron chi connectivity index (χ4n) is 3.63. The third kappa shape index (κ3) is 4.16. The summed E-state index contributed by atoms with van der Waals surface area (Å²) in [4.78, 5) is 26.9. The average Bonchev–Trinajstić information content (AvgIpc) is 2.77. The molecule has 0 saturated heterocycles. The molecule has 1 aliphatic rings. The van der Waals surface area contributed by atoms with E-state index in [1.165, 1.54) is 7.11 Å². The molecule has 1 amide bonds. The lowest BCUT2D eigenvalue weighted by Gasteiger charge is -2.29. The molecular formula is C24H21ClN2O3. The summed E-state index contributed by atoms with van der Waals surface area (Å²) in [5, 5.41) is 3.70. The first-order valence-electron chi connectivity index (χ1n) is 9.66. The molecule has 30 heavy (non-hydrogen) atoms. The van der Waals surface area contributed by atoms with Gasteiger partial charge in [-0.25, -0.2) is 4.79 Å². The molecule has 0 bridgehead atoms. The molecule has 1 heterocycles. The zero-order valence-electron chi connectivity index (χ0n) is 16.5. The maximum Gasteiger partial charge on any atom is 0.340 e. The quantitative estimate of drug-likeness (QED) is 0.585. The van der Waals surface area contributed by atoms with E-state index in [0.717, 1.165) is 23.2 Å². The van der Waals surface area contributed by atoms with E-state index in [9.17, 15) is 9.59 Å². The van der Waals surface area contributed by atoms with Gasteiger partial charge in [0.1, 0.15) is 0 Å². The molecule has 0 aromatic heterocycles. The van der Waals surface area contributed by atoms with Gasteiger partial charge in [0.05, 0.1) is 18.4 Å². The predicted octanol–water partition coefficient (Wildman–Crippen LogP) is 5.07. The third-order valence-electron chi connectivity index (χ3n) is 5.16. The zero-order chi connectivity index (χ0) is 21.1. The minimum absolute atomic E-state index is 0.0356. The Hall–Kier alpha value is -3.31. The Morgan fingerprint density at radius 3 is 2.67 bits per heavy atom. The number of esters is 1.